The van der Waals surface area contributed by atoms with Crippen molar-refractivity contribution >= 4 is 8.07 Å². The van der Waals surface area contributed by atoms with Crippen LogP contribution in [-0.4, -0.2) is 27.6 Å². The third kappa shape index (κ3) is 8.42. The van der Waals surface area contributed by atoms with Gasteiger partial charge in [0.25, 0.3) is 0 Å². The molecule has 1 saturated heterocycles. The van der Waals surface area contributed by atoms with Gasteiger partial charge >= 0.3 is 0 Å². The van der Waals surface area contributed by atoms with E-state index in [1.165, 1.54) is 12.8 Å². The summed E-state index contributed by atoms with van der Waals surface area (Å²) in [5, 5.41) is 0. The Morgan fingerprint density at radius 3 is 2.71 bits per heavy atom. The van der Waals surface area contributed by atoms with Crippen LogP contribution in [-0.2, 0) is 9.47 Å². The highest BCUT2D eigenvalue weighted by atomic mass is 28.3. The lowest BCUT2D eigenvalue weighted by Crippen LogP contribution is -2.22. The molecule has 1 aliphatic heterocycles. The predicted molar refractivity (Wildman–Crippen MR) is 74.5 cm³/mol. The lowest BCUT2D eigenvalue weighted by Gasteiger charge is -2.22. The van der Waals surface area contributed by atoms with Crippen LogP contribution in [0.1, 0.15) is 38.5 Å². The summed E-state index contributed by atoms with van der Waals surface area (Å²) in [5.41, 5.74) is 3.39. The van der Waals surface area contributed by atoms with E-state index < -0.39 is 8.07 Å². The zero-order chi connectivity index (χ0) is 12.6. The quantitative estimate of drug-likeness (QED) is 0.424. The standard InChI is InChI=1S/C14H26O2Si/c1-17(2,3)13-9-5-4-7-11-15-14-10-6-8-12-16-14/h14H,4-8,10-12H2,1-3H3/t14-/m0/s1. The molecule has 1 aliphatic rings. The summed E-state index contributed by atoms with van der Waals surface area (Å²) in [4.78, 5) is 0. The van der Waals surface area contributed by atoms with E-state index in [4.69, 9.17) is 9.47 Å². The van der Waals surface area contributed by atoms with E-state index in [9.17, 15) is 0 Å². The summed E-state index contributed by atoms with van der Waals surface area (Å²) in [6, 6.07) is 0. The molecule has 0 saturated carbocycles. The summed E-state index contributed by atoms with van der Waals surface area (Å²) in [7, 11) is -1.16. The van der Waals surface area contributed by atoms with Crippen LogP contribution < -0.4 is 0 Å². The second-order valence-corrected chi connectivity index (χ2v) is 10.4. The van der Waals surface area contributed by atoms with E-state index >= 15 is 0 Å². The third-order valence-corrected chi connectivity index (χ3v) is 3.53. The normalized spacial score (nSPS) is 20.8. The summed E-state index contributed by atoms with van der Waals surface area (Å²) in [6.07, 6.45) is 6.81. The number of hydrogen-bond acceptors (Lipinski definition) is 2. The van der Waals surface area contributed by atoms with Gasteiger partial charge in [0.05, 0.1) is 0 Å². The van der Waals surface area contributed by atoms with Gasteiger partial charge in [-0.2, -0.15) is 0 Å². The van der Waals surface area contributed by atoms with E-state index in [2.05, 4.69) is 31.1 Å². The van der Waals surface area contributed by atoms with Crippen LogP contribution in [0.25, 0.3) is 0 Å². The van der Waals surface area contributed by atoms with Crippen molar-refractivity contribution in [1.82, 2.24) is 0 Å². The van der Waals surface area contributed by atoms with Crippen molar-refractivity contribution in [1.29, 1.82) is 0 Å². The minimum Gasteiger partial charge on any atom is -0.353 e. The van der Waals surface area contributed by atoms with Gasteiger partial charge in [0.15, 0.2) is 6.29 Å². The maximum absolute atomic E-state index is 5.67. The third-order valence-electron chi connectivity index (χ3n) is 2.60. The number of ether oxygens (including phenoxy) is 2. The smallest absolute Gasteiger partial charge is 0.157 e. The predicted octanol–water partition coefficient (Wildman–Crippen LogP) is 3.58. The van der Waals surface area contributed by atoms with Crippen molar-refractivity contribution in [2.75, 3.05) is 13.2 Å². The molecule has 0 unspecified atom stereocenters. The van der Waals surface area contributed by atoms with Gasteiger partial charge in [-0.15, -0.1) is 11.5 Å². The second-order valence-electron chi connectivity index (χ2n) is 5.68. The molecule has 2 nitrogen and oxygen atoms in total. The maximum atomic E-state index is 5.67. The minimum absolute atomic E-state index is 0.0665. The lowest BCUT2D eigenvalue weighted by molar-refractivity contribution is -0.162. The number of hydrogen-bond donors (Lipinski definition) is 0. The van der Waals surface area contributed by atoms with Gasteiger partial charge in [0.1, 0.15) is 8.07 Å². The summed E-state index contributed by atoms with van der Waals surface area (Å²) < 4.78 is 11.2. The van der Waals surface area contributed by atoms with Crippen molar-refractivity contribution in [3.05, 3.63) is 0 Å². The van der Waals surface area contributed by atoms with Gasteiger partial charge in [-0.1, -0.05) is 19.6 Å². The molecule has 0 N–H and O–H groups in total. The van der Waals surface area contributed by atoms with Crippen molar-refractivity contribution in [2.24, 2.45) is 0 Å². The molecular formula is C14H26O2Si. The van der Waals surface area contributed by atoms with Crippen molar-refractivity contribution in [3.63, 3.8) is 0 Å². The van der Waals surface area contributed by atoms with Crippen LogP contribution in [0.3, 0.4) is 0 Å². The Bertz CT molecular complexity index is 254. The van der Waals surface area contributed by atoms with Crippen LogP contribution in [0, 0.1) is 11.5 Å². The van der Waals surface area contributed by atoms with Crippen molar-refractivity contribution < 1.29 is 9.47 Å². The molecule has 0 aromatic carbocycles. The van der Waals surface area contributed by atoms with Gasteiger partial charge in [-0.3, -0.25) is 0 Å². The molecule has 1 rings (SSSR count). The zero-order valence-corrected chi connectivity index (χ0v) is 12.6. The van der Waals surface area contributed by atoms with Crippen molar-refractivity contribution in [3.8, 4) is 11.5 Å². The molecule has 3 heteroatoms. The van der Waals surface area contributed by atoms with Crippen LogP contribution in [0.15, 0.2) is 0 Å². The molecule has 0 aromatic heterocycles. The molecule has 0 aromatic rings. The van der Waals surface area contributed by atoms with E-state index in [-0.39, 0.29) is 6.29 Å². The molecule has 0 spiro atoms. The first-order valence-corrected chi connectivity index (χ1v) is 10.3. The molecule has 0 bridgehead atoms. The average Bonchev–Trinajstić information content (AvgIpc) is 2.28. The number of unbranched alkanes of at least 4 members (excludes halogenated alkanes) is 2. The highest BCUT2D eigenvalue weighted by Gasteiger charge is 2.13. The Kier molecular flexibility index (Phi) is 6.87. The Morgan fingerprint density at radius 1 is 1.24 bits per heavy atom. The fourth-order valence-corrected chi connectivity index (χ4v) is 2.36. The molecule has 1 fully saturated rings. The summed E-state index contributed by atoms with van der Waals surface area (Å²) >= 11 is 0. The van der Waals surface area contributed by atoms with Gasteiger partial charge in [-0.25, -0.2) is 0 Å². The fourth-order valence-electron chi connectivity index (χ4n) is 1.70. The molecule has 1 heterocycles. The topological polar surface area (TPSA) is 18.5 Å². The van der Waals surface area contributed by atoms with E-state index in [0.717, 1.165) is 38.9 Å². The first-order chi connectivity index (χ1) is 8.08. The SMILES string of the molecule is C[Si](C)(C)C#CCCCCO[C@@H]1CCCCO1. The van der Waals surface area contributed by atoms with E-state index in [1.54, 1.807) is 0 Å². The van der Waals surface area contributed by atoms with Crippen LogP contribution in [0.5, 0.6) is 0 Å². The Balaban J connectivity index is 1.95. The summed E-state index contributed by atoms with van der Waals surface area (Å²) in [6.45, 7) is 8.53. The Hall–Kier alpha value is -0.303. The van der Waals surface area contributed by atoms with Crippen molar-refractivity contribution in [2.45, 2.75) is 64.5 Å². The first kappa shape index (κ1) is 14.8. The van der Waals surface area contributed by atoms with Gasteiger partial charge in [0, 0.05) is 19.6 Å². The molecule has 98 valence electrons. The fraction of sp³-hybridized carbons (Fsp3) is 0.857. The molecular weight excluding hydrogens is 228 g/mol. The Labute approximate surface area is 107 Å². The molecule has 17 heavy (non-hydrogen) atoms. The van der Waals surface area contributed by atoms with E-state index in [1.807, 2.05) is 0 Å². The highest BCUT2D eigenvalue weighted by molar-refractivity contribution is 6.83. The molecule has 1 atom stereocenters. The van der Waals surface area contributed by atoms with Crippen LogP contribution in [0.4, 0.5) is 0 Å². The Morgan fingerprint density at radius 2 is 2.06 bits per heavy atom. The molecule has 0 radical (unpaired) electrons. The van der Waals surface area contributed by atoms with Gasteiger partial charge in [-0.05, 0) is 32.1 Å². The van der Waals surface area contributed by atoms with Crippen LogP contribution in [0.2, 0.25) is 19.6 Å². The lowest BCUT2D eigenvalue weighted by atomic mass is 10.2. The minimum atomic E-state index is -1.16. The monoisotopic (exact) mass is 254 g/mol. The zero-order valence-electron chi connectivity index (χ0n) is 11.6. The largest absolute Gasteiger partial charge is 0.353 e. The van der Waals surface area contributed by atoms with Crippen LogP contribution >= 0.6 is 0 Å². The average molecular weight is 254 g/mol. The summed E-state index contributed by atoms with van der Waals surface area (Å²) in [5.74, 6) is 3.29. The highest BCUT2D eigenvalue weighted by Crippen LogP contribution is 2.14. The molecule has 0 amide bonds. The number of rotatable bonds is 5. The second kappa shape index (κ2) is 7.92. The first-order valence-electron chi connectivity index (χ1n) is 6.81. The maximum Gasteiger partial charge on any atom is 0.157 e. The van der Waals surface area contributed by atoms with Gasteiger partial charge in [0.2, 0.25) is 0 Å². The molecule has 0 aliphatic carbocycles. The van der Waals surface area contributed by atoms with E-state index in [0.29, 0.717) is 0 Å². The van der Waals surface area contributed by atoms with Gasteiger partial charge < -0.3 is 9.47 Å².